The van der Waals surface area contributed by atoms with Crippen LogP contribution in [0.3, 0.4) is 0 Å². The Hall–Kier alpha value is -1.09. The molecule has 0 saturated heterocycles. The molecule has 2 nitrogen and oxygen atoms in total. The number of benzene rings is 1. The van der Waals surface area contributed by atoms with Crippen molar-refractivity contribution in [2.24, 2.45) is 11.1 Å². The van der Waals surface area contributed by atoms with Crippen LogP contribution in [-0.2, 0) is 0 Å². The van der Waals surface area contributed by atoms with Gasteiger partial charge in [0.15, 0.2) is 0 Å². The van der Waals surface area contributed by atoms with Gasteiger partial charge in [0.05, 0.1) is 0 Å². The van der Waals surface area contributed by atoms with Crippen LogP contribution in [-0.4, -0.2) is 12.1 Å². The Morgan fingerprint density at radius 3 is 2.63 bits per heavy atom. The highest BCUT2D eigenvalue weighted by atomic mass is 19.1. The average Bonchev–Trinajstić information content (AvgIpc) is 2.42. The number of hydrogen-bond acceptors (Lipinski definition) is 2. The SMILES string of the molecule is Cc1cc(F)ccc1OC1CC(N)C12CCCCC2. The minimum Gasteiger partial charge on any atom is -0.489 e. The molecule has 3 heteroatoms. The van der Waals surface area contributed by atoms with E-state index in [-0.39, 0.29) is 23.4 Å². The lowest BCUT2D eigenvalue weighted by Gasteiger charge is -2.56. The van der Waals surface area contributed by atoms with Gasteiger partial charge >= 0.3 is 0 Å². The number of ether oxygens (including phenoxy) is 1. The van der Waals surface area contributed by atoms with Crippen molar-refractivity contribution in [3.63, 3.8) is 0 Å². The van der Waals surface area contributed by atoms with Gasteiger partial charge in [0.2, 0.25) is 0 Å². The molecule has 2 fully saturated rings. The molecular weight excluding hydrogens is 241 g/mol. The van der Waals surface area contributed by atoms with Gasteiger partial charge < -0.3 is 10.5 Å². The number of nitrogens with two attached hydrogens (primary N) is 1. The normalized spacial score (nSPS) is 29.0. The van der Waals surface area contributed by atoms with E-state index in [1.54, 1.807) is 6.07 Å². The molecule has 2 atom stereocenters. The van der Waals surface area contributed by atoms with Crippen molar-refractivity contribution in [1.82, 2.24) is 0 Å². The summed E-state index contributed by atoms with van der Waals surface area (Å²) >= 11 is 0. The fourth-order valence-corrected chi connectivity index (χ4v) is 3.74. The van der Waals surface area contributed by atoms with Gasteiger partial charge in [-0.3, -0.25) is 0 Å². The highest BCUT2D eigenvalue weighted by Crippen LogP contribution is 2.52. The van der Waals surface area contributed by atoms with E-state index >= 15 is 0 Å². The van der Waals surface area contributed by atoms with Gasteiger partial charge in [-0.15, -0.1) is 0 Å². The maximum atomic E-state index is 13.1. The lowest BCUT2D eigenvalue weighted by atomic mass is 9.55. The van der Waals surface area contributed by atoms with Crippen LogP contribution >= 0.6 is 0 Å². The predicted molar refractivity (Wildman–Crippen MR) is 73.7 cm³/mol. The molecule has 0 radical (unpaired) electrons. The Morgan fingerprint density at radius 1 is 1.26 bits per heavy atom. The lowest BCUT2D eigenvalue weighted by molar-refractivity contribution is -0.0901. The third-order valence-electron chi connectivity index (χ3n) is 5.04. The second-order valence-corrected chi connectivity index (χ2v) is 6.15. The van der Waals surface area contributed by atoms with Gasteiger partial charge in [0.25, 0.3) is 0 Å². The molecule has 1 aromatic carbocycles. The van der Waals surface area contributed by atoms with Crippen molar-refractivity contribution < 1.29 is 9.13 Å². The van der Waals surface area contributed by atoms with Crippen molar-refractivity contribution in [2.75, 3.05) is 0 Å². The van der Waals surface area contributed by atoms with Crippen LogP contribution in [0.25, 0.3) is 0 Å². The van der Waals surface area contributed by atoms with Crippen LogP contribution in [0, 0.1) is 18.2 Å². The molecule has 104 valence electrons. The topological polar surface area (TPSA) is 35.2 Å². The molecule has 1 aromatic rings. The van der Waals surface area contributed by atoms with Gasteiger partial charge in [-0.1, -0.05) is 19.3 Å². The molecule has 2 aliphatic carbocycles. The van der Waals surface area contributed by atoms with Crippen molar-refractivity contribution in [2.45, 2.75) is 57.6 Å². The highest BCUT2D eigenvalue weighted by Gasteiger charge is 2.54. The molecule has 0 aliphatic heterocycles. The van der Waals surface area contributed by atoms with E-state index in [4.69, 9.17) is 10.5 Å². The van der Waals surface area contributed by atoms with Gasteiger partial charge in [-0.05, 0) is 43.5 Å². The largest absolute Gasteiger partial charge is 0.489 e. The van der Waals surface area contributed by atoms with E-state index in [0.29, 0.717) is 0 Å². The lowest BCUT2D eigenvalue weighted by Crippen LogP contribution is -2.64. The van der Waals surface area contributed by atoms with E-state index in [0.717, 1.165) is 17.7 Å². The molecule has 3 rings (SSSR count). The van der Waals surface area contributed by atoms with Crippen LogP contribution in [0.4, 0.5) is 4.39 Å². The highest BCUT2D eigenvalue weighted by molar-refractivity contribution is 5.33. The predicted octanol–water partition coefficient (Wildman–Crippen LogP) is 3.56. The number of hydrogen-bond donors (Lipinski definition) is 1. The summed E-state index contributed by atoms with van der Waals surface area (Å²) in [7, 11) is 0. The Bertz CT molecular complexity index is 468. The van der Waals surface area contributed by atoms with Crippen molar-refractivity contribution in [1.29, 1.82) is 0 Å². The molecule has 2 N–H and O–H groups in total. The molecule has 2 unspecified atom stereocenters. The first-order chi connectivity index (χ1) is 9.12. The van der Waals surface area contributed by atoms with Crippen LogP contribution in [0.15, 0.2) is 18.2 Å². The summed E-state index contributed by atoms with van der Waals surface area (Å²) in [5.74, 6) is 0.603. The standard InChI is InChI=1S/C16H22FNO/c1-11-9-12(17)5-6-13(11)19-15-10-14(18)16(15)7-3-2-4-8-16/h5-6,9,14-15H,2-4,7-8,10,18H2,1H3. The Balaban J connectivity index is 1.76. The van der Waals surface area contributed by atoms with Gasteiger partial charge in [-0.2, -0.15) is 0 Å². The second kappa shape index (κ2) is 4.78. The van der Waals surface area contributed by atoms with Crippen LogP contribution in [0.5, 0.6) is 5.75 Å². The zero-order chi connectivity index (χ0) is 13.5. The zero-order valence-corrected chi connectivity index (χ0v) is 11.5. The minimum absolute atomic E-state index is 0.180. The Labute approximate surface area is 114 Å². The fourth-order valence-electron chi connectivity index (χ4n) is 3.74. The molecule has 2 aliphatic rings. The number of halogens is 1. The molecular formula is C16H22FNO. The summed E-state index contributed by atoms with van der Waals surface area (Å²) in [6.45, 7) is 1.89. The summed E-state index contributed by atoms with van der Waals surface area (Å²) in [6, 6.07) is 5.01. The van der Waals surface area contributed by atoms with Crippen molar-refractivity contribution in [3.05, 3.63) is 29.6 Å². The van der Waals surface area contributed by atoms with Gasteiger partial charge in [0, 0.05) is 17.9 Å². The van der Waals surface area contributed by atoms with E-state index in [1.807, 2.05) is 6.92 Å². The Morgan fingerprint density at radius 2 is 2.00 bits per heavy atom. The monoisotopic (exact) mass is 263 g/mol. The van der Waals surface area contributed by atoms with E-state index in [1.165, 1.54) is 44.2 Å². The van der Waals surface area contributed by atoms with Crippen LogP contribution in [0.2, 0.25) is 0 Å². The van der Waals surface area contributed by atoms with Gasteiger partial charge in [-0.25, -0.2) is 4.39 Å². The first kappa shape index (κ1) is 12.9. The summed E-state index contributed by atoms with van der Waals surface area (Å²) in [5.41, 5.74) is 7.30. The molecule has 0 heterocycles. The minimum atomic E-state index is -0.206. The zero-order valence-electron chi connectivity index (χ0n) is 11.5. The summed E-state index contributed by atoms with van der Waals surface area (Å²) in [5, 5.41) is 0. The third kappa shape index (κ3) is 2.14. The molecule has 19 heavy (non-hydrogen) atoms. The van der Waals surface area contributed by atoms with Gasteiger partial charge in [0.1, 0.15) is 17.7 Å². The van der Waals surface area contributed by atoms with E-state index < -0.39 is 0 Å². The molecule has 1 spiro atoms. The second-order valence-electron chi connectivity index (χ2n) is 6.15. The quantitative estimate of drug-likeness (QED) is 0.885. The molecule has 0 aromatic heterocycles. The third-order valence-corrected chi connectivity index (χ3v) is 5.04. The molecule has 2 saturated carbocycles. The molecule has 0 bridgehead atoms. The number of aryl methyl sites for hydroxylation is 1. The Kier molecular flexibility index (Phi) is 3.25. The first-order valence-electron chi connectivity index (χ1n) is 7.30. The summed E-state index contributed by atoms with van der Waals surface area (Å²) in [4.78, 5) is 0. The maximum Gasteiger partial charge on any atom is 0.123 e. The number of rotatable bonds is 2. The van der Waals surface area contributed by atoms with Crippen molar-refractivity contribution >= 4 is 0 Å². The van der Waals surface area contributed by atoms with E-state index in [9.17, 15) is 4.39 Å². The summed E-state index contributed by atoms with van der Waals surface area (Å²) < 4.78 is 19.3. The van der Waals surface area contributed by atoms with Crippen molar-refractivity contribution in [3.8, 4) is 5.75 Å². The average molecular weight is 263 g/mol. The summed E-state index contributed by atoms with van der Waals surface area (Å²) in [6.07, 6.45) is 7.34. The smallest absolute Gasteiger partial charge is 0.123 e. The van der Waals surface area contributed by atoms with Crippen LogP contribution < -0.4 is 10.5 Å². The maximum absolute atomic E-state index is 13.1. The first-order valence-corrected chi connectivity index (χ1v) is 7.30. The fraction of sp³-hybridized carbons (Fsp3) is 0.625. The van der Waals surface area contributed by atoms with E-state index in [2.05, 4.69) is 0 Å². The molecule has 0 amide bonds. The van der Waals surface area contributed by atoms with Crippen LogP contribution in [0.1, 0.15) is 44.1 Å².